The Morgan fingerprint density at radius 2 is 1.50 bits per heavy atom. The summed E-state index contributed by atoms with van der Waals surface area (Å²) in [6, 6.07) is 16.2. The summed E-state index contributed by atoms with van der Waals surface area (Å²) < 4.78 is 5.75. The minimum absolute atomic E-state index is 0.384. The van der Waals surface area contributed by atoms with E-state index >= 15 is 0 Å². The first kappa shape index (κ1) is 14.6. The third-order valence-corrected chi connectivity index (χ3v) is 3.49. The molecule has 0 amide bonds. The van der Waals surface area contributed by atoms with Crippen LogP contribution < -0.4 is 4.74 Å². The largest absolute Gasteiger partial charge is 0.489 e. The summed E-state index contributed by atoms with van der Waals surface area (Å²) in [5.41, 5.74) is 3.44. The van der Waals surface area contributed by atoms with Gasteiger partial charge in [0.2, 0.25) is 0 Å². The highest BCUT2D eigenvalue weighted by atomic mass is 16.5. The Labute approximate surface area is 121 Å². The molecule has 106 valence electrons. The molecule has 0 aliphatic carbocycles. The number of aliphatic hydroxyl groups is 1. The summed E-state index contributed by atoms with van der Waals surface area (Å²) in [6.07, 6.45) is 1.40. The predicted molar refractivity (Wildman–Crippen MR) is 81.8 cm³/mol. The van der Waals surface area contributed by atoms with Crippen molar-refractivity contribution in [3.63, 3.8) is 0 Å². The first-order valence-corrected chi connectivity index (χ1v) is 7.21. The molecule has 0 aliphatic heterocycles. The lowest BCUT2D eigenvalue weighted by atomic mass is 10.1. The van der Waals surface area contributed by atoms with Gasteiger partial charge in [-0.15, -0.1) is 0 Å². The normalized spacial score (nSPS) is 12.2. The Morgan fingerprint density at radius 1 is 0.900 bits per heavy atom. The lowest BCUT2D eigenvalue weighted by Crippen LogP contribution is -1.97. The van der Waals surface area contributed by atoms with Crippen LogP contribution in [0.1, 0.15) is 43.1 Å². The zero-order valence-corrected chi connectivity index (χ0v) is 12.2. The highest BCUT2D eigenvalue weighted by Gasteiger charge is 2.04. The molecule has 2 heteroatoms. The van der Waals surface area contributed by atoms with E-state index < -0.39 is 0 Å². The maximum atomic E-state index is 9.74. The van der Waals surface area contributed by atoms with Crippen molar-refractivity contribution >= 4 is 0 Å². The van der Waals surface area contributed by atoms with E-state index in [1.807, 2.05) is 31.2 Å². The van der Waals surface area contributed by atoms with Gasteiger partial charge in [0.25, 0.3) is 0 Å². The van der Waals surface area contributed by atoms with Crippen LogP contribution in [0.25, 0.3) is 0 Å². The van der Waals surface area contributed by atoms with Gasteiger partial charge in [0, 0.05) is 0 Å². The van der Waals surface area contributed by atoms with Crippen LogP contribution in [0.2, 0.25) is 0 Å². The number of aryl methyl sites for hydroxylation is 1. The molecule has 2 aromatic rings. The molecule has 0 spiro atoms. The first-order chi connectivity index (χ1) is 9.72. The number of hydrogen-bond acceptors (Lipinski definition) is 2. The zero-order valence-electron chi connectivity index (χ0n) is 12.2. The molecule has 0 saturated carbocycles. The number of hydrogen-bond donors (Lipinski definition) is 1. The van der Waals surface area contributed by atoms with Gasteiger partial charge in [-0.1, -0.05) is 50.2 Å². The van der Waals surface area contributed by atoms with Crippen LogP contribution in [0.5, 0.6) is 5.75 Å². The molecule has 1 atom stereocenters. The fourth-order valence-electron chi connectivity index (χ4n) is 2.06. The molecule has 0 unspecified atom stereocenters. The molecular weight excluding hydrogens is 248 g/mol. The average Bonchev–Trinajstić information content (AvgIpc) is 2.53. The Hall–Kier alpha value is -1.80. The van der Waals surface area contributed by atoms with Gasteiger partial charge in [-0.2, -0.15) is 0 Å². The third kappa shape index (κ3) is 3.84. The van der Waals surface area contributed by atoms with Gasteiger partial charge in [-0.3, -0.25) is 0 Å². The van der Waals surface area contributed by atoms with Crippen molar-refractivity contribution < 1.29 is 9.84 Å². The van der Waals surface area contributed by atoms with Gasteiger partial charge in [-0.25, -0.2) is 0 Å². The molecule has 0 heterocycles. The second-order valence-corrected chi connectivity index (χ2v) is 4.95. The van der Waals surface area contributed by atoms with Crippen LogP contribution in [0.4, 0.5) is 0 Å². The van der Waals surface area contributed by atoms with Gasteiger partial charge in [0.15, 0.2) is 0 Å². The zero-order chi connectivity index (χ0) is 14.4. The lowest BCUT2D eigenvalue weighted by Gasteiger charge is -2.10. The van der Waals surface area contributed by atoms with Gasteiger partial charge in [0.1, 0.15) is 12.4 Å². The van der Waals surface area contributed by atoms with Crippen LogP contribution in [-0.2, 0) is 13.0 Å². The maximum absolute atomic E-state index is 9.74. The van der Waals surface area contributed by atoms with Crippen molar-refractivity contribution in [1.82, 2.24) is 0 Å². The van der Waals surface area contributed by atoms with Crippen molar-refractivity contribution in [2.24, 2.45) is 0 Å². The summed E-state index contributed by atoms with van der Waals surface area (Å²) in [4.78, 5) is 0. The van der Waals surface area contributed by atoms with E-state index in [0.717, 1.165) is 24.2 Å². The van der Waals surface area contributed by atoms with Crippen molar-refractivity contribution in [1.29, 1.82) is 0 Å². The van der Waals surface area contributed by atoms with Crippen molar-refractivity contribution in [3.8, 4) is 5.75 Å². The number of rotatable bonds is 6. The van der Waals surface area contributed by atoms with Gasteiger partial charge in [-0.05, 0) is 41.7 Å². The fraction of sp³-hybridized carbons (Fsp3) is 0.333. The highest BCUT2D eigenvalue weighted by Crippen LogP contribution is 2.20. The average molecular weight is 270 g/mol. The van der Waals surface area contributed by atoms with Gasteiger partial charge < -0.3 is 9.84 Å². The summed E-state index contributed by atoms with van der Waals surface area (Å²) >= 11 is 0. The molecular formula is C18H22O2. The first-order valence-electron chi connectivity index (χ1n) is 7.21. The van der Waals surface area contributed by atoms with E-state index in [0.29, 0.717) is 6.61 Å². The molecule has 2 aromatic carbocycles. The standard InChI is InChI=1S/C18H22O2/c1-3-14-5-7-15(8-6-14)13-20-17-11-9-16(10-12-17)18(19)4-2/h5-12,18-19H,3-4,13H2,1-2H3/t18-/m1/s1. The summed E-state index contributed by atoms with van der Waals surface area (Å²) in [7, 11) is 0. The molecule has 0 bridgehead atoms. The predicted octanol–water partition coefficient (Wildman–Crippen LogP) is 4.27. The quantitative estimate of drug-likeness (QED) is 0.849. The van der Waals surface area contributed by atoms with Crippen molar-refractivity contribution in [2.75, 3.05) is 0 Å². The fourth-order valence-corrected chi connectivity index (χ4v) is 2.06. The maximum Gasteiger partial charge on any atom is 0.119 e. The molecule has 2 rings (SSSR count). The molecule has 2 nitrogen and oxygen atoms in total. The van der Waals surface area contributed by atoms with E-state index in [1.165, 1.54) is 11.1 Å². The minimum Gasteiger partial charge on any atom is -0.489 e. The SMILES string of the molecule is CCc1ccc(COc2ccc([C@H](O)CC)cc2)cc1. The molecule has 1 N–H and O–H groups in total. The summed E-state index contributed by atoms with van der Waals surface area (Å²) in [5.74, 6) is 0.830. The Bertz CT molecular complexity index is 514. The van der Waals surface area contributed by atoms with E-state index in [2.05, 4.69) is 31.2 Å². The Kier molecular flexibility index (Phi) is 5.19. The van der Waals surface area contributed by atoms with E-state index in [9.17, 15) is 5.11 Å². The van der Waals surface area contributed by atoms with Crippen LogP contribution in [0.15, 0.2) is 48.5 Å². The molecule has 20 heavy (non-hydrogen) atoms. The van der Waals surface area contributed by atoms with E-state index in [1.54, 1.807) is 0 Å². The second kappa shape index (κ2) is 7.11. The number of ether oxygens (including phenoxy) is 1. The van der Waals surface area contributed by atoms with Gasteiger partial charge in [0.05, 0.1) is 6.10 Å². The van der Waals surface area contributed by atoms with Crippen LogP contribution in [-0.4, -0.2) is 5.11 Å². The molecule has 0 radical (unpaired) electrons. The molecule has 0 aliphatic rings. The Morgan fingerprint density at radius 3 is 2.05 bits per heavy atom. The summed E-state index contributed by atoms with van der Waals surface area (Å²) in [6.45, 7) is 4.69. The van der Waals surface area contributed by atoms with E-state index in [-0.39, 0.29) is 6.10 Å². The van der Waals surface area contributed by atoms with Crippen molar-refractivity contribution in [3.05, 3.63) is 65.2 Å². The number of aliphatic hydroxyl groups excluding tert-OH is 1. The molecule has 0 fully saturated rings. The van der Waals surface area contributed by atoms with Crippen LogP contribution >= 0.6 is 0 Å². The van der Waals surface area contributed by atoms with E-state index in [4.69, 9.17) is 4.74 Å². The lowest BCUT2D eigenvalue weighted by molar-refractivity contribution is 0.173. The highest BCUT2D eigenvalue weighted by molar-refractivity contribution is 5.29. The monoisotopic (exact) mass is 270 g/mol. The van der Waals surface area contributed by atoms with Crippen LogP contribution in [0.3, 0.4) is 0 Å². The smallest absolute Gasteiger partial charge is 0.119 e. The van der Waals surface area contributed by atoms with Crippen LogP contribution in [0, 0.1) is 0 Å². The Balaban J connectivity index is 1.93. The number of benzene rings is 2. The topological polar surface area (TPSA) is 29.5 Å². The van der Waals surface area contributed by atoms with Gasteiger partial charge >= 0.3 is 0 Å². The third-order valence-electron chi connectivity index (χ3n) is 3.49. The minimum atomic E-state index is -0.384. The van der Waals surface area contributed by atoms with Crippen molar-refractivity contribution in [2.45, 2.75) is 39.4 Å². The molecule has 0 saturated heterocycles. The second-order valence-electron chi connectivity index (χ2n) is 4.95. The molecule has 0 aromatic heterocycles. The summed E-state index contributed by atoms with van der Waals surface area (Å²) in [5, 5.41) is 9.74.